The highest BCUT2D eigenvalue weighted by molar-refractivity contribution is 7.07. The summed E-state index contributed by atoms with van der Waals surface area (Å²) in [6, 6.07) is 12.7. The molecule has 0 radical (unpaired) electrons. The van der Waals surface area contributed by atoms with E-state index < -0.39 is 12.0 Å². The van der Waals surface area contributed by atoms with E-state index >= 15 is 0 Å². The third kappa shape index (κ3) is 4.30. The van der Waals surface area contributed by atoms with Crippen LogP contribution >= 0.6 is 11.3 Å². The Labute approximate surface area is 195 Å². The van der Waals surface area contributed by atoms with Crippen molar-refractivity contribution in [3.8, 4) is 0 Å². The van der Waals surface area contributed by atoms with E-state index in [0.717, 1.165) is 24.5 Å². The zero-order valence-electron chi connectivity index (χ0n) is 19.2. The van der Waals surface area contributed by atoms with Crippen LogP contribution in [0.2, 0.25) is 0 Å². The van der Waals surface area contributed by atoms with Crippen molar-refractivity contribution in [1.82, 2.24) is 4.57 Å². The number of nitrogens with zero attached hydrogens (tertiary/aromatic N) is 3. The van der Waals surface area contributed by atoms with Gasteiger partial charge in [0.15, 0.2) is 10.7 Å². The first-order chi connectivity index (χ1) is 16.0. The van der Waals surface area contributed by atoms with E-state index in [1.807, 2.05) is 42.5 Å². The molecule has 3 heterocycles. The van der Waals surface area contributed by atoms with Crippen LogP contribution in [0.25, 0.3) is 6.08 Å². The van der Waals surface area contributed by atoms with Crippen LogP contribution in [-0.2, 0) is 9.53 Å². The minimum Gasteiger partial charge on any atom is -0.463 e. The van der Waals surface area contributed by atoms with Gasteiger partial charge in [-0.3, -0.25) is 9.36 Å². The van der Waals surface area contributed by atoms with E-state index in [1.54, 1.807) is 24.5 Å². The molecule has 0 amide bonds. The van der Waals surface area contributed by atoms with Crippen LogP contribution in [0.5, 0.6) is 0 Å². The second-order valence-electron chi connectivity index (χ2n) is 7.56. The van der Waals surface area contributed by atoms with Gasteiger partial charge >= 0.3 is 5.97 Å². The van der Waals surface area contributed by atoms with Crippen molar-refractivity contribution in [2.45, 2.75) is 33.7 Å². The number of rotatable bonds is 7. The molecule has 0 unspecified atom stereocenters. The molecule has 0 saturated heterocycles. The second-order valence-corrected chi connectivity index (χ2v) is 8.57. The smallest absolute Gasteiger partial charge is 0.338 e. The zero-order chi connectivity index (χ0) is 23.5. The third-order valence-corrected chi connectivity index (χ3v) is 6.58. The van der Waals surface area contributed by atoms with E-state index in [0.29, 0.717) is 26.4 Å². The van der Waals surface area contributed by atoms with Crippen LogP contribution in [0.4, 0.5) is 5.88 Å². The molecular formula is C25H27N3O4S. The summed E-state index contributed by atoms with van der Waals surface area (Å²) >= 11 is 1.28. The lowest BCUT2D eigenvalue weighted by Gasteiger charge is -2.24. The molecule has 0 N–H and O–H groups in total. The topological polar surface area (TPSA) is 77.0 Å². The van der Waals surface area contributed by atoms with Crippen molar-refractivity contribution in [3.63, 3.8) is 0 Å². The van der Waals surface area contributed by atoms with Gasteiger partial charge in [0, 0.05) is 25.2 Å². The van der Waals surface area contributed by atoms with Crippen LogP contribution in [0.15, 0.2) is 67.9 Å². The number of hydrogen-bond donors (Lipinski definition) is 0. The molecule has 172 valence electrons. The molecular weight excluding hydrogens is 438 g/mol. The molecule has 4 rings (SSSR count). The Morgan fingerprint density at radius 3 is 2.58 bits per heavy atom. The summed E-state index contributed by atoms with van der Waals surface area (Å²) in [5.74, 6) is 0.901. The van der Waals surface area contributed by atoms with Gasteiger partial charge in [-0.15, -0.1) is 0 Å². The summed E-state index contributed by atoms with van der Waals surface area (Å²) in [5, 5.41) is 0. The Morgan fingerprint density at radius 1 is 1.18 bits per heavy atom. The fourth-order valence-corrected chi connectivity index (χ4v) is 5.02. The van der Waals surface area contributed by atoms with E-state index in [9.17, 15) is 9.59 Å². The van der Waals surface area contributed by atoms with Crippen molar-refractivity contribution < 1.29 is 13.9 Å². The molecule has 0 aliphatic carbocycles. The lowest BCUT2D eigenvalue weighted by molar-refractivity contribution is -0.139. The number of hydrogen-bond acceptors (Lipinski definition) is 7. The predicted octanol–water partition coefficient (Wildman–Crippen LogP) is 3.24. The molecule has 0 bridgehead atoms. The number of ether oxygens (including phenoxy) is 1. The number of carbonyl (C=O) groups is 1. The van der Waals surface area contributed by atoms with E-state index in [1.165, 1.54) is 11.3 Å². The summed E-state index contributed by atoms with van der Waals surface area (Å²) < 4.78 is 13.3. The number of furan rings is 1. The van der Waals surface area contributed by atoms with Crippen LogP contribution in [-0.4, -0.2) is 30.2 Å². The second kappa shape index (κ2) is 9.62. The van der Waals surface area contributed by atoms with Crippen LogP contribution in [0, 0.1) is 0 Å². The molecule has 1 aromatic carbocycles. The van der Waals surface area contributed by atoms with Crippen LogP contribution in [0.1, 0.15) is 45.1 Å². The monoisotopic (exact) mass is 465 g/mol. The summed E-state index contributed by atoms with van der Waals surface area (Å²) in [6.45, 7) is 9.58. The lowest BCUT2D eigenvalue weighted by Crippen LogP contribution is -2.39. The van der Waals surface area contributed by atoms with E-state index in [2.05, 4.69) is 23.7 Å². The average Bonchev–Trinajstić information content (AvgIpc) is 3.39. The zero-order valence-corrected chi connectivity index (χ0v) is 20.0. The van der Waals surface area contributed by atoms with Gasteiger partial charge in [-0.25, -0.2) is 9.79 Å². The van der Waals surface area contributed by atoms with Gasteiger partial charge in [-0.1, -0.05) is 41.7 Å². The molecule has 33 heavy (non-hydrogen) atoms. The van der Waals surface area contributed by atoms with E-state index in [4.69, 9.17) is 9.15 Å². The number of benzene rings is 1. The summed E-state index contributed by atoms with van der Waals surface area (Å²) in [7, 11) is 0. The van der Waals surface area contributed by atoms with Gasteiger partial charge in [0.1, 0.15) is 5.76 Å². The van der Waals surface area contributed by atoms with Gasteiger partial charge in [0.05, 0.1) is 28.5 Å². The summed E-state index contributed by atoms with van der Waals surface area (Å²) in [4.78, 5) is 33.6. The number of carbonyl (C=O) groups excluding carboxylic acids is 1. The Balaban J connectivity index is 1.87. The van der Waals surface area contributed by atoms with E-state index in [-0.39, 0.29) is 12.2 Å². The van der Waals surface area contributed by atoms with Crippen molar-refractivity contribution in [1.29, 1.82) is 0 Å². The molecule has 1 aliphatic rings. The maximum atomic E-state index is 13.5. The molecule has 2 aromatic heterocycles. The van der Waals surface area contributed by atoms with Crippen molar-refractivity contribution in [2.24, 2.45) is 4.99 Å². The minimum absolute atomic E-state index is 0.220. The lowest BCUT2D eigenvalue weighted by atomic mass is 9.96. The molecule has 7 nitrogen and oxygen atoms in total. The maximum absolute atomic E-state index is 13.5. The third-order valence-electron chi connectivity index (χ3n) is 5.59. The summed E-state index contributed by atoms with van der Waals surface area (Å²) in [5.41, 5.74) is 1.53. The van der Waals surface area contributed by atoms with Crippen molar-refractivity contribution >= 4 is 29.3 Å². The fraction of sp³-hybridized carbons (Fsp3) is 0.320. The van der Waals surface area contributed by atoms with Crippen LogP contribution in [0.3, 0.4) is 0 Å². The first-order valence-electron chi connectivity index (χ1n) is 11.1. The van der Waals surface area contributed by atoms with Crippen molar-refractivity contribution in [2.75, 3.05) is 24.6 Å². The predicted molar refractivity (Wildman–Crippen MR) is 129 cm³/mol. The highest BCUT2D eigenvalue weighted by Gasteiger charge is 2.33. The van der Waals surface area contributed by atoms with Gasteiger partial charge in [-0.2, -0.15) is 0 Å². The van der Waals surface area contributed by atoms with Gasteiger partial charge in [0.2, 0.25) is 0 Å². The van der Waals surface area contributed by atoms with Crippen molar-refractivity contribution in [3.05, 3.63) is 84.7 Å². The molecule has 0 fully saturated rings. The number of fused-ring (bicyclic) bond motifs is 1. The highest BCUT2D eigenvalue weighted by Crippen LogP contribution is 2.30. The first-order valence-corrected chi connectivity index (χ1v) is 11.9. The number of esters is 1. The Kier molecular flexibility index (Phi) is 6.65. The minimum atomic E-state index is -0.605. The van der Waals surface area contributed by atoms with Gasteiger partial charge in [-0.05, 0) is 39.3 Å². The van der Waals surface area contributed by atoms with Crippen LogP contribution < -0.4 is 19.8 Å². The fourth-order valence-electron chi connectivity index (χ4n) is 4.00. The highest BCUT2D eigenvalue weighted by atomic mass is 32.1. The molecule has 0 saturated carbocycles. The Morgan fingerprint density at radius 2 is 1.91 bits per heavy atom. The standard InChI is InChI=1S/C25H27N3O4S/c1-5-27(6-2)20-14-13-18(32-20)15-19-23(29)28-22(17-11-9-8-10-12-17)21(24(30)31-7-3)16(4)26-25(28)33-19/h8-15,22H,5-7H2,1-4H3/b19-15+/t22-/m0/s1. The molecule has 0 spiro atoms. The average molecular weight is 466 g/mol. The maximum Gasteiger partial charge on any atom is 0.338 e. The molecule has 1 atom stereocenters. The number of aromatic nitrogens is 1. The SMILES string of the molecule is CCOC(=O)C1=C(C)N=c2s/c(=C/c3ccc(N(CC)CC)o3)c(=O)n2[C@H]1c1ccccc1. The summed E-state index contributed by atoms with van der Waals surface area (Å²) in [6.07, 6.45) is 1.74. The van der Waals surface area contributed by atoms with Gasteiger partial charge < -0.3 is 14.1 Å². The van der Waals surface area contributed by atoms with Gasteiger partial charge in [0.25, 0.3) is 5.56 Å². The number of allylic oxidation sites excluding steroid dienone is 1. The molecule has 1 aliphatic heterocycles. The largest absolute Gasteiger partial charge is 0.463 e. The normalized spacial score (nSPS) is 15.9. The molecule has 8 heteroatoms. The Bertz CT molecular complexity index is 1360. The Hall–Kier alpha value is -3.39. The quantitative estimate of drug-likeness (QED) is 0.501. The number of anilines is 1. The first kappa shape index (κ1) is 22.8. The number of thiazole rings is 1. The molecule has 3 aromatic rings.